The smallest absolute Gasteiger partial charge is 0.255 e. The van der Waals surface area contributed by atoms with E-state index in [1.165, 1.54) is 0 Å². The maximum absolute atomic E-state index is 12.3. The second-order valence-electron chi connectivity index (χ2n) is 4.57. The van der Waals surface area contributed by atoms with E-state index in [1.807, 2.05) is 48.5 Å². The van der Waals surface area contributed by atoms with E-state index in [-0.39, 0.29) is 12.5 Å². The average Bonchev–Trinajstić information content (AvgIpc) is 2.48. The van der Waals surface area contributed by atoms with Crippen molar-refractivity contribution >= 4 is 56.2 Å². The second-order valence-corrected chi connectivity index (χ2v) is 6.65. The number of hydrogen-bond donors (Lipinski definition) is 1. The van der Waals surface area contributed by atoms with Crippen LogP contribution in [0.2, 0.25) is 0 Å². The zero-order valence-corrected chi connectivity index (χ0v) is 14.6. The molecule has 106 valence electrons. The number of nitrogens with one attached hydrogen (secondary N) is 1. The van der Waals surface area contributed by atoms with Gasteiger partial charge in [-0.3, -0.25) is 4.79 Å². The van der Waals surface area contributed by atoms with E-state index in [2.05, 4.69) is 43.8 Å². The number of halogens is 2. The molecule has 0 saturated heterocycles. The minimum atomic E-state index is -0.134. The fourth-order valence-corrected chi connectivity index (χ4v) is 2.95. The average molecular weight is 456 g/mol. The van der Waals surface area contributed by atoms with Crippen molar-refractivity contribution in [1.29, 1.82) is 0 Å². The molecule has 3 nitrogen and oxygen atoms in total. The summed E-state index contributed by atoms with van der Waals surface area (Å²) in [6.45, 7) is 0.282. The van der Waals surface area contributed by atoms with Gasteiger partial charge in [0, 0.05) is 13.6 Å². The van der Waals surface area contributed by atoms with Gasteiger partial charge < -0.3 is 10.1 Å². The molecule has 0 radical (unpaired) electrons. The van der Waals surface area contributed by atoms with E-state index in [9.17, 15) is 4.79 Å². The van der Waals surface area contributed by atoms with Crippen LogP contribution in [0.25, 0.3) is 6.08 Å². The van der Waals surface area contributed by atoms with E-state index < -0.39 is 0 Å². The van der Waals surface area contributed by atoms with Crippen LogP contribution in [0.3, 0.4) is 0 Å². The highest BCUT2D eigenvalue weighted by Crippen LogP contribution is 2.29. The number of rotatable bonds is 2. The normalized spacial score (nSPS) is 13.0. The number of benzene rings is 2. The zero-order valence-electron chi connectivity index (χ0n) is 10.9. The second kappa shape index (κ2) is 6.19. The maximum atomic E-state index is 12.3. The van der Waals surface area contributed by atoms with Gasteiger partial charge in [-0.15, -0.1) is 0 Å². The molecule has 2 aromatic carbocycles. The Morgan fingerprint density at radius 3 is 2.86 bits per heavy atom. The van der Waals surface area contributed by atoms with Crippen molar-refractivity contribution in [2.24, 2.45) is 0 Å². The third-order valence-corrected chi connectivity index (χ3v) is 4.53. The summed E-state index contributed by atoms with van der Waals surface area (Å²) in [6, 6.07) is 13.4. The molecule has 3 rings (SSSR count). The van der Waals surface area contributed by atoms with Gasteiger partial charge in [0.05, 0.1) is 11.3 Å². The molecule has 0 aromatic heterocycles. The zero-order chi connectivity index (χ0) is 14.8. The molecule has 0 aliphatic carbocycles. The first-order valence-electron chi connectivity index (χ1n) is 6.32. The molecule has 0 bridgehead atoms. The number of fused-ring (bicyclic) bond motifs is 1. The Morgan fingerprint density at radius 2 is 2.05 bits per heavy atom. The minimum absolute atomic E-state index is 0.134. The molecular formula is C16H11BrINO2. The predicted octanol–water partition coefficient (Wildman–Crippen LogP) is 4.47. The van der Waals surface area contributed by atoms with E-state index in [4.69, 9.17) is 4.74 Å². The van der Waals surface area contributed by atoms with E-state index in [0.29, 0.717) is 5.57 Å². The Labute approximate surface area is 144 Å². The summed E-state index contributed by atoms with van der Waals surface area (Å²) in [5, 5.41) is 2.92. The molecule has 1 amide bonds. The van der Waals surface area contributed by atoms with Crippen LogP contribution in [-0.4, -0.2) is 12.5 Å². The van der Waals surface area contributed by atoms with Crippen LogP contribution < -0.4 is 10.1 Å². The first-order valence-corrected chi connectivity index (χ1v) is 8.19. The lowest BCUT2D eigenvalue weighted by atomic mass is 10.1. The molecule has 0 unspecified atom stereocenters. The Bertz CT molecular complexity index is 743. The van der Waals surface area contributed by atoms with Gasteiger partial charge in [-0.1, -0.05) is 28.1 Å². The number of amides is 1. The Morgan fingerprint density at radius 1 is 1.24 bits per heavy atom. The monoisotopic (exact) mass is 455 g/mol. The summed E-state index contributed by atoms with van der Waals surface area (Å²) in [5.41, 5.74) is 2.33. The third-order valence-electron chi connectivity index (χ3n) is 3.10. The van der Waals surface area contributed by atoms with Gasteiger partial charge in [-0.05, 0) is 59.0 Å². The van der Waals surface area contributed by atoms with E-state index in [1.54, 1.807) is 0 Å². The summed E-state index contributed by atoms with van der Waals surface area (Å²) < 4.78 is 7.59. The highest BCUT2D eigenvalue weighted by molar-refractivity contribution is 14.1. The first-order chi connectivity index (χ1) is 10.1. The van der Waals surface area contributed by atoms with Crippen LogP contribution in [0.5, 0.6) is 5.75 Å². The van der Waals surface area contributed by atoms with Crippen molar-refractivity contribution in [3.05, 3.63) is 61.6 Å². The van der Waals surface area contributed by atoms with Crippen LogP contribution in [0.1, 0.15) is 5.56 Å². The van der Waals surface area contributed by atoms with Gasteiger partial charge in [-0.25, -0.2) is 0 Å². The number of hydrogen-bond acceptors (Lipinski definition) is 2. The van der Waals surface area contributed by atoms with E-state index >= 15 is 0 Å². The Hall–Kier alpha value is -1.34. The summed E-state index contributed by atoms with van der Waals surface area (Å²) in [4.78, 5) is 12.3. The highest BCUT2D eigenvalue weighted by Gasteiger charge is 2.18. The van der Waals surface area contributed by atoms with Crippen molar-refractivity contribution < 1.29 is 9.53 Å². The Kier molecular flexibility index (Phi) is 4.30. The Balaban J connectivity index is 1.84. The lowest BCUT2D eigenvalue weighted by Gasteiger charge is -2.18. The molecular weight excluding hydrogens is 445 g/mol. The fraction of sp³-hybridized carbons (Fsp3) is 0.0625. The first kappa shape index (κ1) is 14.6. The lowest BCUT2D eigenvalue weighted by molar-refractivity contribution is -0.113. The standard InChI is InChI=1S/C16H11BrINO2/c17-12-5-6-15-10(8-12)7-11(9-21-15)16(20)19-14-4-2-1-3-13(14)18/h1-8H,9H2,(H,19,20). The van der Waals surface area contributed by atoms with Gasteiger partial charge in [0.25, 0.3) is 5.91 Å². The molecule has 0 spiro atoms. The van der Waals surface area contributed by atoms with Crippen molar-refractivity contribution in [3.8, 4) is 5.75 Å². The summed E-state index contributed by atoms with van der Waals surface area (Å²) in [6.07, 6.45) is 1.87. The fourth-order valence-electron chi connectivity index (χ4n) is 2.04. The molecule has 0 fully saturated rings. The third kappa shape index (κ3) is 3.29. The largest absolute Gasteiger partial charge is 0.488 e. The van der Waals surface area contributed by atoms with Crippen molar-refractivity contribution in [1.82, 2.24) is 0 Å². The van der Waals surface area contributed by atoms with Gasteiger partial charge in [-0.2, -0.15) is 0 Å². The quantitative estimate of drug-likeness (QED) is 0.678. The summed E-state index contributed by atoms with van der Waals surface area (Å²) >= 11 is 5.62. The molecule has 1 N–H and O–H groups in total. The SMILES string of the molecule is O=C(Nc1ccccc1I)C1=Cc2cc(Br)ccc2OC1. The van der Waals surface area contributed by atoms with Gasteiger partial charge in [0.15, 0.2) is 0 Å². The van der Waals surface area contributed by atoms with Crippen LogP contribution in [0.15, 0.2) is 52.5 Å². The number of carbonyl (C=O) groups excluding carboxylic acids is 1. The van der Waals surface area contributed by atoms with Gasteiger partial charge in [0.2, 0.25) is 0 Å². The van der Waals surface area contributed by atoms with Crippen LogP contribution >= 0.6 is 38.5 Å². The van der Waals surface area contributed by atoms with Crippen molar-refractivity contribution in [2.75, 3.05) is 11.9 Å². The van der Waals surface area contributed by atoms with Crippen LogP contribution in [0, 0.1) is 3.57 Å². The van der Waals surface area contributed by atoms with Gasteiger partial charge in [0.1, 0.15) is 12.4 Å². The maximum Gasteiger partial charge on any atom is 0.255 e. The molecule has 21 heavy (non-hydrogen) atoms. The number of carbonyl (C=O) groups is 1. The summed E-state index contributed by atoms with van der Waals surface area (Å²) in [7, 11) is 0. The molecule has 0 saturated carbocycles. The number of ether oxygens (including phenoxy) is 1. The van der Waals surface area contributed by atoms with E-state index in [0.717, 1.165) is 25.0 Å². The molecule has 1 heterocycles. The molecule has 1 aliphatic heterocycles. The minimum Gasteiger partial charge on any atom is -0.488 e. The number of para-hydroxylation sites is 1. The molecule has 2 aromatic rings. The predicted molar refractivity (Wildman–Crippen MR) is 95.4 cm³/mol. The number of anilines is 1. The molecule has 5 heteroatoms. The summed E-state index contributed by atoms with van der Waals surface area (Å²) in [5.74, 6) is 0.661. The lowest BCUT2D eigenvalue weighted by Crippen LogP contribution is -2.21. The topological polar surface area (TPSA) is 38.3 Å². The molecule has 1 aliphatic rings. The molecule has 0 atom stereocenters. The van der Waals surface area contributed by atoms with Crippen LogP contribution in [0.4, 0.5) is 5.69 Å². The van der Waals surface area contributed by atoms with Crippen LogP contribution in [-0.2, 0) is 4.79 Å². The highest BCUT2D eigenvalue weighted by atomic mass is 127. The van der Waals surface area contributed by atoms with Crippen molar-refractivity contribution in [3.63, 3.8) is 0 Å². The van der Waals surface area contributed by atoms with Gasteiger partial charge >= 0.3 is 0 Å². The van der Waals surface area contributed by atoms with Crippen molar-refractivity contribution in [2.45, 2.75) is 0 Å².